The van der Waals surface area contributed by atoms with Gasteiger partial charge in [0.05, 0.1) is 0 Å². The first-order valence-electron chi connectivity index (χ1n) is 0. The third-order valence-corrected chi connectivity index (χ3v) is 0. The topological polar surface area (TPSA) is 0 Å². The zero-order valence-corrected chi connectivity index (χ0v) is 66.4. The van der Waals surface area contributed by atoms with Crippen LogP contribution in [0.4, 0.5) is 0 Å². The molecule has 0 N–H and O–H groups in total. The largest absolute Gasteiger partial charge is 0 e. The second-order valence-electron chi connectivity index (χ2n) is 0. The molecule has 0 aliphatic rings. The molecule has 0 aromatic heterocycles. The van der Waals surface area contributed by atoms with Crippen LogP contribution in [-0.2, 0) is 432 Å². The van der Waals surface area contributed by atoms with Crippen LogP contribution in [0.3, 0.4) is 0 Å². The van der Waals surface area contributed by atoms with Gasteiger partial charge in [-0.15, -0.1) is 0 Å². The second kappa shape index (κ2) is 326. The molecule has 169 valence electrons. The van der Waals surface area contributed by atoms with Gasteiger partial charge in [-0.25, -0.2) is 0 Å². The molecular formula is Ni12P5Zn12. The quantitative estimate of drug-likeness (QED) is 0.252. The van der Waals surface area contributed by atoms with Crippen molar-refractivity contribution in [3.63, 3.8) is 0 Å². The molecule has 0 bridgehead atoms. The molecule has 15 radical (unpaired) electrons. The van der Waals surface area contributed by atoms with Crippen molar-refractivity contribution >= 4 is 49.5 Å². The Kier molecular flexibility index (Phi) is 3930. The molecule has 0 aromatic rings. The van der Waals surface area contributed by atoms with Crippen molar-refractivity contribution in [3.05, 3.63) is 0 Å². The standard InChI is InChI=1S/12Ni.5P.12Zn. The summed E-state index contributed by atoms with van der Waals surface area (Å²) in [6.07, 6.45) is 0. The van der Waals surface area contributed by atoms with Gasteiger partial charge < -0.3 is 0 Å². The van der Waals surface area contributed by atoms with Gasteiger partial charge >= 0.3 is 0 Å². The van der Waals surface area contributed by atoms with Gasteiger partial charge in [0.25, 0.3) is 0 Å². The Morgan fingerprint density at radius 1 is 0.103 bits per heavy atom. The van der Waals surface area contributed by atoms with Gasteiger partial charge in [-0.3, -0.25) is 0 Å². The third-order valence-electron chi connectivity index (χ3n) is 0. The molecule has 0 aliphatic heterocycles. The van der Waals surface area contributed by atoms with Crippen LogP contribution in [0, 0.1) is 0 Å². The Balaban J connectivity index is 0. The van der Waals surface area contributed by atoms with Crippen molar-refractivity contribution in [2.24, 2.45) is 0 Å². The average Bonchev–Trinajstić information content (AvgIpc) is 0. The predicted molar refractivity (Wildman–Crippen MR) is 34.6 cm³/mol. The Labute approximate surface area is 469 Å². The summed E-state index contributed by atoms with van der Waals surface area (Å²) in [5.74, 6) is 0. The predicted octanol–water partition coefficient (Wildman–Crippen LogP) is 4.25. The molecule has 0 unspecified atom stereocenters. The zero-order chi connectivity index (χ0) is 0. The van der Waals surface area contributed by atoms with Crippen LogP contribution in [-0.4, -0.2) is 0 Å². The minimum Gasteiger partial charge on any atom is 0 e. The molecule has 0 aliphatic carbocycles. The molecular weight excluding hydrogens is 1640 g/mol. The smallest absolute Gasteiger partial charge is 0 e. The maximum atomic E-state index is 0. The first-order chi connectivity index (χ1) is 0. The molecule has 0 amide bonds. The fourth-order valence-electron chi connectivity index (χ4n) is 0. The van der Waals surface area contributed by atoms with E-state index in [9.17, 15) is 0 Å². The number of hydrogen-bond acceptors (Lipinski definition) is 0. The van der Waals surface area contributed by atoms with Crippen molar-refractivity contribution in [2.75, 3.05) is 0 Å². The average molecular weight is 1640 g/mol. The molecule has 29 heteroatoms. The molecule has 0 saturated heterocycles. The summed E-state index contributed by atoms with van der Waals surface area (Å²) < 4.78 is 0. The molecule has 0 aromatic carbocycles. The maximum Gasteiger partial charge on any atom is 0 e. The summed E-state index contributed by atoms with van der Waals surface area (Å²) in [5, 5.41) is 0. The molecule has 0 saturated carbocycles. The first-order valence-corrected chi connectivity index (χ1v) is 0. The van der Waals surface area contributed by atoms with Crippen molar-refractivity contribution in [2.45, 2.75) is 0 Å². The van der Waals surface area contributed by atoms with E-state index >= 15 is 0 Å². The number of rotatable bonds is 0. The van der Waals surface area contributed by atoms with Gasteiger partial charge in [-0.05, 0) is 0 Å². The Morgan fingerprint density at radius 2 is 0.103 bits per heavy atom. The number of hydrogen-bond donors (Lipinski definition) is 0. The Hall–Kier alpha value is 15.6. The van der Waals surface area contributed by atoms with Crippen LogP contribution < -0.4 is 0 Å². The van der Waals surface area contributed by atoms with Crippen LogP contribution in [0.25, 0.3) is 0 Å². The van der Waals surface area contributed by atoms with Crippen molar-refractivity contribution in [1.82, 2.24) is 0 Å². The van der Waals surface area contributed by atoms with Crippen LogP contribution in [0.5, 0.6) is 0 Å². The third kappa shape index (κ3) is 311. The minimum atomic E-state index is 0. The van der Waals surface area contributed by atoms with Gasteiger partial charge in [0.1, 0.15) is 0 Å². The summed E-state index contributed by atoms with van der Waals surface area (Å²) in [7, 11) is 0. The van der Waals surface area contributed by atoms with E-state index in [1.54, 1.807) is 0 Å². The van der Waals surface area contributed by atoms with Crippen molar-refractivity contribution in [1.29, 1.82) is 0 Å². The van der Waals surface area contributed by atoms with Crippen LogP contribution in [0.2, 0.25) is 0 Å². The van der Waals surface area contributed by atoms with Crippen LogP contribution >= 0.6 is 49.5 Å². The van der Waals surface area contributed by atoms with Crippen molar-refractivity contribution in [3.8, 4) is 0 Å². The summed E-state index contributed by atoms with van der Waals surface area (Å²) in [4.78, 5) is 0. The SMILES string of the molecule is [Ni].[Ni].[Ni].[Ni].[Ni].[Ni].[Ni].[Ni].[Ni].[Ni].[Ni].[Ni].[P].[P].[P].[P].[P].[Zn].[Zn].[Zn].[Zn].[Zn].[Zn].[Zn].[Zn].[Zn].[Zn].[Zn].[Zn]. The molecule has 29 heavy (non-hydrogen) atoms. The monoisotopic (exact) mass is 1620 g/mol. The van der Waals surface area contributed by atoms with E-state index in [1.165, 1.54) is 0 Å². The van der Waals surface area contributed by atoms with Gasteiger partial charge in [0.15, 0.2) is 0 Å². The van der Waals surface area contributed by atoms with Gasteiger partial charge in [-0.1, -0.05) is 0 Å². The summed E-state index contributed by atoms with van der Waals surface area (Å²) in [5.41, 5.74) is 0. The fourth-order valence-corrected chi connectivity index (χ4v) is 0. The van der Waals surface area contributed by atoms with Crippen molar-refractivity contribution < 1.29 is 432 Å². The molecule has 0 atom stereocenters. The summed E-state index contributed by atoms with van der Waals surface area (Å²) in [6.45, 7) is 0. The molecule has 0 fully saturated rings. The van der Waals surface area contributed by atoms with E-state index in [0.717, 1.165) is 0 Å². The van der Waals surface area contributed by atoms with E-state index in [4.69, 9.17) is 0 Å². The van der Waals surface area contributed by atoms with E-state index in [0.29, 0.717) is 0 Å². The van der Waals surface area contributed by atoms with Crippen LogP contribution in [0.15, 0.2) is 0 Å². The zero-order valence-electron chi connectivity index (χ0n) is 14.5. The Morgan fingerprint density at radius 3 is 0.103 bits per heavy atom. The van der Waals surface area contributed by atoms with E-state index in [1.807, 2.05) is 0 Å². The van der Waals surface area contributed by atoms with E-state index in [-0.39, 0.29) is 481 Å². The van der Waals surface area contributed by atoms with Gasteiger partial charge in [-0.2, -0.15) is 0 Å². The second-order valence-corrected chi connectivity index (χ2v) is 0. The van der Waals surface area contributed by atoms with Crippen LogP contribution in [0.1, 0.15) is 0 Å². The molecule has 0 heterocycles. The maximum absolute atomic E-state index is 0. The molecule has 0 spiro atoms. The molecule has 0 nitrogen and oxygen atoms in total. The Bertz CT molecular complexity index is 43.2. The van der Waals surface area contributed by atoms with E-state index < -0.39 is 0 Å². The molecule has 0 rings (SSSR count). The van der Waals surface area contributed by atoms with E-state index in [2.05, 4.69) is 0 Å². The summed E-state index contributed by atoms with van der Waals surface area (Å²) in [6, 6.07) is 0. The van der Waals surface area contributed by atoms with Gasteiger partial charge in [0.2, 0.25) is 0 Å². The summed E-state index contributed by atoms with van der Waals surface area (Å²) >= 11 is 0. The minimum absolute atomic E-state index is 0. The van der Waals surface area contributed by atoms with Gasteiger partial charge in [0, 0.05) is 481 Å². The fraction of sp³-hybridized carbons (Fsp3) is 0. The normalized spacial score (nSPS) is 0. The first kappa shape index (κ1) is 349.